The van der Waals surface area contributed by atoms with Crippen molar-refractivity contribution in [2.24, 2.45) is 11.3 Å². The molecule has 0 bridgehead atoms. The summed E-state index contributed by atoms with van der Waals surface area (Å²) in [6.07, 6.45) is -1.91. The molecule has 2 N–H and O–H groups in total. The lowest BCUT2D eigenvalue weighted by molar-refractivity contribution is -0.137. The van der Waals surface area contributed by atoms with Crippen LogP contribution >= 0.6 is 0 Å². The number of amides is 2. The van der Waals surface area contributed by atoms with E-state index in [2.05, 4.69) is 31.4 Å². The lowest BCUT2D eigenvalue weighted by atomic mass is 9.70. The molecule has 0 radical (unpaired) electrons. The van der Waals surface area contributed by atoms with Gasteiger partial charge in [-0.3, -0.25) is 9.59 Å². The number of anilines is 1. The molecule has 1 saturated carbocycles. The first-order chi connectivity index (χ1) is 11.5. The maximum Gasteiger partial charge on any atom is 0.416 e. The SMILES string of the molecule is CC1CC(NC(=O)C(=O)Nc2cccc(C(F)(F)F)c2)CC(C)(C)C1. The fourth-order valence-electron chi connectivity index (χ4n) is 3.67. The van der Waals surface area contributed by atoms with Crippen LogP contribution in [0, 0.1) is 11.3 Å². The van der Waals surface area contributed by atoms with Gasteiger partial charge in [0.15, 0.2) is 0 Å². The lowest BCUT2D eigenvalue weighted by Gasteiger charge is -2.39. The molecule has 0 aromatic heterocycles. The molecule has 0 heterocycles. The molecule has 25 heavy (non-hydrogen) atoms. The second kappa shape index (κ2) is 7.06. The van der Waals surface area contributed by atoms with Gasteiger partial charge in [0.2, 0.25) is 0 Å². The molecule has 7 heteroatoms. The molecular weight excluding hydrogens is 333 g/mol. The van der Waals surface area contributed by atoms with Gasteiger partial charge < -0.3 is 10.6 Å². The van der Waals surface area contributed by atoms with Gasteiger partial charge in [-0.05, 0) is 48.8 Å². The van der Waals surface area contributed by atoms with E-state index >= 15 is 0 Å². The number of alkyl halides is 3. The Morgan fingerprint density at radius 3 is 2.44 bits per heavy atom. The zero-order valence-corrected chi connectivity index (χ0v) is 14.5. The minimum Gasteiger partial charge on any atom is -0.345 e. The van der Waals surface area contributed by atoms with Crippen molar-refractivity contribution in [3.8, 4) is 0 Å². The van der Waals surface area contributed by atoms with Gasteiger partial charge in [-0.1, -0.05) is 26.8 Å². The van der Waals surface area contributed by atoms with Crippen LogP contribution in [0.25, 0.3) is 0 Å². The number of hydrogen-bond donors (Lipinski definition) is 2. The summed E-state index contributed by atoms with van der Waals surface area (Å²) in [6, 6.07) is 4.09. The maximum absolute atomic E-state index is 12.7. The van der Waals surface area contributed by atoms with Crippen molar-refractivity contribution in [1.82, 2.24) is 5.32 Å². The third-order valence-electron chi connectivity index (χ3n) is 4.38. The number of carbonyl (C=O) groups excluding carboxylic acids is 2. The van der Waals surface area contributed by atoms with Crippen molar-refractivity contribution in [1.29, 1.82) is 0 Å². The van der Waals surface area contributed by atoms with Crippen molar-refractivity contribution in [2.75, 3.05) is 5.32 Å². The third-order valence-corrected chi connectivity index (χ3v) is 4.38. The Morgan fingerprint density at radius 2 is 1.84 bits per heavy atom. The quantitative estimate of drug-likeness (QED) is 0.788. The first-order valence-corrected chi connectivity index (χ1v) is 8.25. The van der Waals surface area contributed by atoms with Gasteiger partial charge >= 0.3 is 18.0 Å². The molecule has 4 nitrogen and oxygen atoms in total. The standard InChI is InChI=1S/C18H23F3N2O2/c1-11-7-14(10-17(2,3)9-11)23-16(25)15(24)22-13-6-4-5-12(8-13)18(19,20)21/h4-6,8,11,14H,7,9-10H2,1-3H3,(H,22,24)(H,23,25). The molecule has 1 fully saturated rings. The maximum atomic E-state index is 12.7. The Hall–Kier alpha value is -2.05. The Morgan fingerprint density at radius 1 is 1.16 bits per heavy atom. The number of hydrogen-bond acceptors (Lipinski definition) is 2. The van der Waals surface area contributed by atoms with E-state index in [1.807, 2.05) is 0 Å². The molecule has 2 unspecified atom stereocenters. The Kier molecular flexibility index (Phi) is 5.44. The summed E-state index contributed by atoms with van der Waals surface area (Å²) in [4.78, 5) is 24.1. The van der Waals surface area contributed by atoms with Gasteiger partial charge in [-0.15, -0.1) is 0 Å². The first-order valence-electron chi connectivity index (χ1n) is 8.25. The van der Waals surface area contributed by atoms with E-state index in [4.69, 9.17) is 0 Å². The van der Waals surface area contributed by atoms with Crippen molar-refractivity contribution >= 4 is 17.5 Å². The number of rotatable bonds is 2. The van der Waals surface area contributed by atoms with E-state index in [-0.39, 0.29) is 17.1 Å². The Balaban J connectivity index is 1.98. The minimum atomic E-state index is -4.51. The number of benzene rings is 1. The molecule has 2 atom stereocenters. The van der Waals surface area contributed by atoms with E-state index in [1.165, 1.54) is 12.1 Å². The Labute approximate surface area is 145 Å². The van der Waals surface area contributed by atoms with Crippen LogP contribution in [-0.2, 0) is 15.8 Å². The second-order valence-electron chi connectivity index (χ2n) is 7.62. The van der Waals surface area contributed by atoms with E-state index in [0.29, 0.717) is 5.92 Å². The second-order valence-corrected chi connectivity index (χ2v) is 7.62. The normalized spacial score (nSPS) is 23.0. The largest absolute Gasteiger partial charge is 0.416 e. The van der Waals surface area contributed by atoms with Crippen molar-refractivity contribution in [3.63, 3.8) is 0 Å². The molecule has 0 saturated heterocycles. The topological polar surface area (TPSA) is 58.2 Å². The van der Waals surface area contributed by atoms with Gasteiger partial charge in [0.1, 0.15) is 0 Å². The van der Waals surface area contributed by atoms with E-state index in [9.17, 15) is 22.8 Å². The van der Waals surface area contributed by atoms with Crippen molar-refractivity contribution in [2.45, 2.75) is 52.3 Å². The van der Waals surface area contributed by atoms with Crippen LogP contribution in [0.1, 0.15) is 45.6 Å². The number of carbonyl (C=O) groups is 2. The monoisotopic (exact) mass is 356 g/mol. The third kappa shape index (κ3) is 5.47. The predicted molar refractivity (Wildman–Crippen MR) is 88.8 cm³/mol. The zero-order chi connectivity index (χ0) is 18.8. The van der Waals surface area contributed by atoms with E-state index < -0.39 is 23.6 Å². The molecular formula is C18H23F3N2O2. The summed E-state index contributed by atoms with van der Waals surface area (Å²) in [5.41, 5.74) is -0.867. The highest BCUT2D eigenvalue weighted by Gasteiger charge is 2.34. The van der Waals surface area contributed by atoms with Crippen LogP contribution in [0.5, 0.6) is 0 Å². The predicted octanol–water partition coefficient (Wildman–Crippen LogP) is 3.97. The summed E-state index contributed by atoms with van der Waals surface area (Å²) in [5, 5.41) is 4.92. The highest BCUT2D eigenvalue weighted by Crippen LogP contribution is 2.38. The van der Waals surface area contributed by atoms with Crippen LogP contribution in [0.3, 0.4) is 0 Å². The van der Waals surface area contributed by atoms with Gasteiger partial charge in [-0.2, -0.15) is 13.2 Å². The summed E-state index contributed by atoms with van der Waals surface area (Å²) in [7, 11) is 0. The van der Waals surface area contributed by atoms with Crippen LogP contribution in [0.15, 0.2) is 24.3 Å². The van der Waals surface area contributed by atoms with Crippen molar-refractivity contribution in [3.05, 3.63) is 29.8 Å². The van der Waals surface area contributed by atoms with E-state index in [1.54, 1.807) is 0 Å². The molecule has 2 rings (SSSR count). The molecule has 1 aliphatic rings. The Bertz CT molecular complexity index is 656. The minimum absolute atomic E-state index is 0.0627. The highest BCUT2D eigenvalue weighted by atomic mass is 19.4. The van der Waals surface area contributed by atoms with Gasteiger partial charge in [0, 0.05) is 11.7 Å². The summed E-state index contributed by atoms with van der Waals surface area (Å²) in [5.74, 6) is -1.36. The summed E-state index contributed by atoms with van der Waals surface area (Å²) < 4.78 is 38.1. The van der Waals surface area contributed by atoms with Gasteiger partial charge in [0.25, 0.3) is 0 Å². The smallest absolute Gasteiger partial charge is 0.345 e. The fourth-order valence-corrected chi connectivity index (χ4v) is 3.67. The number of halogens is 3. The van der Waals surface area contributed by atoms with Crippen LogP contribution in [0.2, 0.25) is 0 Å². The first kappa shape index (κ1) is 19.3. The lowest BCUT2D eigenvalue weighted by Crippen LogP contribution is -2.46. The number of nitrogens with one attached hydrogen (secondary N) is 2. The van der Waals surface area contributed by atoms with Gasteiger partial charge in [-0.25, -0.2) is 0 Å². The molecule has 0 spiro atoms. The zero-order valence-electron chi connectivity index (χ0n) is 14.5. The summed E-state index contributed by atoms with van der Waals surface area (Å²) >= 11 is 0. The average molecular weight is 356 g/mol. The van der Waals surface area contributed by atoms with Crippen molar-refractivity contribution < 1.29 is 22.8 Å². The molecule has 138 valence electrons. The molecule has 1 aromatic carbocycles. The van der Waals surface area contributed by atoms with Crippen LogP contribution < -0.4 is 10.6 Å². The fraction of sp³-hybridized carbons (Fsp3) is 0.556. The molecule has 2 amide bonds. The summed E-state index contributed by atoms with van der Waals surface area (Å²) in [6.45, 7) is 6.33. The van der Waals surface area contributed by atoms with Crippen LogP contribution in [0.4, 0.5) is 18.9 Å². The van der Waals surface area contributed by atoms with E-state index in [0.717, 1.165) is 31.4 Å². The van der Waals surface area contributed by atoms with Crippen LogP contribution in [-0.4, -0.2) is 17.9 Å². The average Bonchev–Trinajstić information content (AvgIpc) is 2.44. The highest BCUT2D eigenvalue weighted by molar-refractivity contribution is 6.39. The van der Waals surface area contributed by atoms with Gasteiger partial charge in [0.05, 0.1) is 5.56 Å². The molecule has 1 aromatic rings. The molecule has 0 aliphatic heterocycles. The molecule has 1 aliphatic carbocycles.